The lowest BCUT2D eigenvalue weighted by Crippen LogP contribution is -2.45. The van der Waals surface area contributed by atoms with Gasteiger partial charge in [0.05, 0.1) is 13.0 Å². The van der Waals surface area contributed by atoms with Gasteiger partial charge in [0.1, 0.15) is 0 Å². The van der Waals surface area contributed by atoms with Crippen LogP contribution >= 0.6 is 0 Å². The Morgan fingerprint density at radius 2 is 2.21 bits per heavy atom. The molecule has 0 amide bonds. The van der Waals surface area contributed by atoms with E-state index in [0.29, 0.717) is 5.92 Å². The van der Waals surface area contributed by atoms with E-state index in [1.165, 1.54) is 26.4 Å². The number of carbonyl (C=O) groups excluding carboxylic acids is 1. The number of ether oxygens (including phenoxy) is 1. The molecule has 1 heterocycles. The number of hydrogen-bond acceptors (Lipinski definition) is 3. The van der Waals surface area contributed by atoms with Gasteiger partial charge in [0.2, 0.25) is 0 Å². The predicted octanol–water partition coefficient (Wildman–Crippen LogP) is 1.19. The molecule has 0 unspecified atom stereocenters. The van der Waals surface area contributed by atoms with Crippen LogP contribution in [0.4, 0.5) is 0 Å². The van der Waals surface area contributed by atoms with Crippen molar-refractivity contribution in [1.82, 2.24) is 5.32 Å². The molecular formula is C11H19NO2. The molecule has 1 N–H and O–H groups in total. The van der Waals surface area contributed by atoms with E-state index in [1.54, 1.807) is 0 Å². The van der Waals surface area contributed by atoms with Gasteiger partial charge in [-0.15, -0.1) is 0 Å². The van der Waals surface area contributed by atoms with E-state index in [0.717, 1.165) is 25.4 Å². The molecule has 14 heavy (non-hydrogen) atoms. The van der Waals surface area contributed by atoms with Gasteiger partial charge in [0, 0.05) is 0 Å². The topological polar surface area (TPSA) is 38.3 Å². The minimum absolute atomic E-state index is 0.00315. The van der Waals surface area contributed by atoms with Crippen molar-refractivity contribution in [3.63, 3.8) is 0 Å². The molecular weight excluding hydrogens is 178 g/mol. The molecule has 1 saturated heterocycles. The summed E-state index contributed by atoms with van der Waals surface area (Å²) in [5, 5.41) is 3.39. The first kappa shape index (κ1) is 9.97. The van der Waals surface area contributed by atoms with Gasteiger partial charge in [0.15, 0.2) is 0 Å². The minimum Gasteiger partial charge on any atom is -0.469 e. The number of carbonyl (C=O) groups is 1. The summed E-state index contributed by atoms with van der Waals surface area (Å²) in [6, 6.07) is 0. The number of piperidine rings is 1. The van der Waals surface area contributed by atoms with Gasteiger partial charge in [-0.25, -0.2) is 0 Å². The monoisotopic (exact) mass is 197 g/mol. The van der Waals surface area contributed by atoms with Crippen molar-refractivity contribution >= 4 is 5.97 Å². The number of hydrogen-bond donors (Lipinski definition) is 1. The highest BCUT2D eigenvalue weighted by Crippen LogP contribution is 2.38. The van der Waals surface area contributed by atoms with E-state index in [9.17, 15) is 4.79 Å². The largest absolute Gasteiger partial charge is 0.469 e. The average Bonchev–Trinajstić information content (AvgIpc) is 2.27. The van der Waals surface area contributed by atoms with E-state index >= 15 is 0 Å². The molecule has 80 valence electrons. The van der Waals surface area contributed by atoms with Gasteiger partial charge in [0.25, 0.3) is 0 Å². The maximum absolute atomic E-state index is 11.6. The fourth-order valence-electron chi connectivity index (χ4n) is 3.02. The lowest BCUT2D eigenvalue weighted by Gasteiger charge is -2.40. The van der Waals surface area contributed by atoms with Crippen LogP contribution in [0.25, 0.3) is 0 Å². The second-order valence-electron chi connectivity index (χ2n) is 4.48. The Bertz CT molecular complexity index is 215. The van der Waals surface area contributed by atoms with Crippen LogP contribution in [0.15, 0.2) is 0 Å². The Hall–Kier alpha value is -0.570. The van der Waals surface area contributed by atoms with E-state index in [4.69, 9.17) is 4.74 Å². The molecule has 0 bridgehead atoms. The lowest BCUT2D eigenvalue weighted by molar-refractivity contribution is -0.150. The maximum Gasteiger partial charge on any atom is 0.308 e. The molecule has 0 aromatic rings. The Morgan fingerprint density at radius 3 is 3.00 bits per heavy atom. The summed E-state index contributed by atoms with van der Waals surface area (Å²) in [6.07, 6.45) is 4.76. The molecule has 2 rings (SSSR count). The highest BCUT2D eigenvalue weighted by atomic mass is 16.5. The quantitative estimate of drug-likeness (QED) is 0.642. The zero-order valence-electron chi connectivity index (χ0n) is 8.79. The van der Waals surface area contributed by atoms with E-state index in [-0.39, 0.29) is 11.9 Å². The van der Waals surface area contributed by atoms with Crippen molar-refractivity contribution in [3.8, 4) is 0 Å². The highest BCUT2D eigenvalue weighted by molar-refractivity contribution is 5.72. The van der Waals surface area contributed by atoms with Crippen molar-refractivity contribution in [2.45, 2.75) is 25.7 Å². The summed E-state index contributed by atoms with van der Waals surface area (Å²) in [6.45, 7) is 2.12. The third-order valence-electron chi connectivity index (χ3n) is 3.79. The summed E-state index contributed by atoms with van der Waals surface area (Å²) in [4.78, 5) is 11.6. The summed E-state index contributed by atoms with van der Waals surface area (Å²) in [5.74, 6) is 1.45. The first-order chi connectivity index (χ1) is 6.83. The predicted molar refractivity (Wildman–Crippen MR) is 53.8 cm³/mol. The van der Waals surface area contributed by atoms with Gasteiger partial charge < -0.3 is 10.1 Å². The zero-order valence-corrected chi connectivity index (χ0v) is 8.79. The second kappa shape index (κ2) is 4.30. The van der Waals surface area contributed by atoms with Crippen LogP contribution < -0.4 is 5.32 Å². The van der Waals surface area contributed by atoms with Crippen LogP contribution in [-0.4, -0.2) is 26.2 Å². The van der Waals surface area contributed by atoms with Crippen molar-refractivity contribution in [2.75, 3.05) is 20.2 Å². The average molecular weight is 197 g/mol. The second-order valence-corrected chi connectivity index (χ2v) is 4.48. The third-order valence-corrected chi connectivity index (χ3v) is 3.79. The van der Waals surface area contributed by atoms with Gasteiger partial charge in [-0.1, -0.05) is 12.8 Å². The molecule has 3 heteroatoms. The summed E-state index contributed by atoms with van der Waals surface area (Å²) >= 11 is 0. The molecule has 3 nitrogen and oxygen atoms in total. The molecule has 3 atom stereocenters. The van der Waals surface area contributed by atoms with Crippen molar-refractivity contribution in [3.05, 3.63) is 0 Å². The first-order valence-electron chi connectivity index (χ1n) is 5.61. The van der Waals surface area contributed by atoms with Gasteiger partial charge in [-0.3, -0.25) is 4.79 Å². The Morgan fingerprint density at radius 1 is 1.36 bits per heavy atom. The fourth-order valence-corrected chi connectivity index (χ4v) is 3.02. The highest BCUT2D eigenvalue weighted by Gasteiger charge is 2.38. The maximum atomic E-state index is 11.6. The summed E-state index contributed by atoms with van der Waals surface area (Å²) in [7, 11) is 1.50. The first-order valence-corrected chi connectivity index (χ1v) is 5.61. The standard InChI is InChI=1S/C11H19NO2/c1-14-11(13)9-4-2-3-8-5-6-12-7-10(8)9/h8-10,12H,2-7H2,1H3/t8-,9+,10-/m0/s1. The van der Waals surface area contributed by atoms with Crippen LogP contribution in [0.2, 0.25) is 0 Å². The molecule has 0 radical (unpaired) electrons. The summed E-state index contributed by atoms with van der Waals surface area (Å²) in [5.41, 5.74) is 0. The van der Waals surface area contributed by atoms with E-state index in [2.05, 4.69) is 5.32 Å². The molecule has 0 aromatic heterocycles. The normalized spacial score (nSPS) is 37.4. The van der Waals surface area contributed by atoms with Crippen LogP contribution in [0.1, 0.15) is 25.7 Å². The van der Waals surface area contributed by atoms with Crippen molar-refractivity contribution in [2.24, 2.45) is 17.8 Å². The molecule has 1 saturated carbocycles. The smallest absolute Gasteiger partial charge is 0.308 e. The number of fused-ring (bicyclic) bond motifs is 1. The molecule has 2 aliphatic rings. The van der Waals surface area contributed by atoms with Gasteiger partial charge in [-0.2, -0.15) is 0 Å². The molecule has 2 fully saturated rings. The zero-order chi connectivity index (χ0) is 9.97. The SMILES string of the molecule is COC(=O)[C@@H]1CCC[C@H]2CCNC[C@@H]21. The van der Waals surface area contributed by atoms with Crippen LogP contribution in [0, 0.1) is 17.8 Å². The Labute approximate surface area is 85.2 Å². The Kier molecular flexibility index (Phi) is 3.06. The van der Waals surface area contributed by atoms with Gasteiger partial charge >= 0.3 is 5.97 Å². The van der Waals surface area contributed by atoms with Crippen LogP contribution in [0.3, 0.4) is 0 Å². The van der Waals surface area contributed by atoms with Crippen LogP contribution in [0.5, 0.6) is 0 Å². The van der Waals surface area contributed by atoms with Crippen LogP contribution in [-0.2, 0) is 9.53 Å². The Balaban J connectivity index is 2.04. The number of rotatable bonds is 1. The minimum atomic E-state index is 0.00315. The number of methoxy groups -OCH3 is 1. The molecule has 0 aromatic carbocycles. The van der Waals surface area contributed by atoms with Crippen molar-refractivity contribution < 1.29 is 9.53 Å². The van der Waals surface area contributed by atoms with Gasteiger partial charge in [-0.05, 0) is 37.8 Å². The van der Waals surface area contributed by atoms with E-state index in [1.807, 2.05) is 0 Å². The molecule has 0 spiro atoms. The van der Waals surface area contributed by atoms with Crippen molar-refractivity contribution in [1.29, 1.82) is 0 Å². The fraction of sp³-hybridized carbons (Fsp3) is 0.909. The summed E-state index contributed by atoms with van der Waals surface area (Å²) < 4.78 is 4.87. The third kappa shape index (κ3) is 1.78. The number of esters is 1. The molecule has 1 aliphatic carbocycles. The number of nitrogens with one attached hydrogen (secondary N) is 1. The van der Waals surface area contributed by atoms with E-state index < -0.39 is 0 Å². The molecule has 1 aliphatic heterocycles. The lowest BCUT2D eigenvalue weighted by atomic mass is 9.69.